The van der Waals surface area contributed by atoms with E-state index in [2.05, 4.69) is 28.7 Å². The van der Waals surface area contributed by atoms with Crippen LogP contribution in [0.3, 0.4) is 0 Å². The standard InChI is InChI=1S/C23H37N3O3S/c1-3-5-6-19(4-2)17-29-22(27)7-14-30-21-16-24-20(15-25-21)26-11-8-23(9-12-26)10-13-28-18-23/h15-16,19H,3-14,17-18H2,1-2H3. The average Bonchev–Trinajstić information content (AvgIpc) is 3.23. The van der Waals surface area contributed by atoms with E-state index in [9.17, 15) is 4.79 Å². The molecule has 168 valence electrons. The molecule has 2 fully saturated rings. The number of aromatic nitrogens is 2. The second kappa shape index (κ2) is 11.9. The molecule has 0 N–H and O–H groups in total. The first-order valence-electron chi connectivity index (χ1n) is 11.6. The van der Waals surface area contributed by atoms with E-state index in [-0.39, 0.29) is 5.97 Å². The second-order valence-electron chi connectivity index (χ2n) is 8.70. The highest BCUT2D eigenvalue weighted by Gasteiger charge is 2.38. The Balaban J connectivity index is 1.34. The summed E-state index contributed by atoms with van der Waals surface area (Å²) in [4.78, 5) is 23.5. The lowest BCUT2D eigenvalue weighted by Crippen LogP contribution is -2.40. The third-order valence-corrected chi connectivity index (χ3v) is 7.44. The fraction of sp³-hybridized carbons (Fsp3) is 0.783. The molecule has 1 atom stereocenters. The molecular formula is C23H37N3O3S. The SMILES string of the molecule is CCCCC(CC)COC(=O)CCSc1cnc(N2CCC3(CCOC3)CC2)cn1. The summed E-state index contributed by atoms with van der Waals surface area (Å²) < 4.78 is 11.1. The zero-order chi connectivity index (χ0) is 21.2. The first kappa shape index (κ1) is 23.3. The van der Waals surface area contributed by atoms with Crippen LogP contribution in [0.5, 0.6) is 0 Å². The van der Waals surface area contributed by atoms with Crippen LogP contribution in [0.1, 0.15) is 65.2 Å². The summed E-state index contributed by atoms with van der Waals surface area (Å²) in [7, 11) is 0. The third kappa shape index (κ3) is 6.84. The van der Waals surface area contributed by atoms with Crippen molar-refractivity contribution >= 4 is 23.5 Å². The van der Waals surface area contributed by atoms with Crippen LogP contribution in [0.15, 0.2) is 17.4 Å². The van der Waals surface area contributed by atoms with Crippen molar-refractivity contribution in [2.75, 3.05) is 43.6 Å². The summed E-state index contributed by atoms with van der Waals surface area (Å²) in [5, 5.41) is 0.860. The van der Waals surface area contributed by atoms with Crippen LogP contribution in [-0.2, 0) is 14.3 Å². The summed E-state index contributed by atoms with van der Waals surface area (Å²) in [6.07, 6.45) is 12.2. The van der Waals surface area contributed by atoms with Crippen molar-refractivity contribution in [3.8, 4) is 0 Å². The van der Waals surface area contributed by atoms with Crippen molar-refractivity contribution in [1.29, 1.82) is 0 Å². The summed E-state index contributed by atoms with van der Waals surface area (Å²) >= 11 is 1.56. The number of carbonyl (C=O) groups excluding carboxylic acids is 1. The molecule has 3 heterocycles. The Morgan fingerprint density at radius 3 is 2.73 bits per heavy atom. The van der Waals surface area contributed by atoms with Gasteiger partial charge in [0, 0.05) is 25.4 Å². The Morgan fingerprint density at radius 2 is 2.10 bits per heavy atom. The molecule has 30 heavy (non-hydrogen) atoms. The minimum Gasteiger partial charge on any atom is -0.465 e. The van der Waals surface area contributed by atoms with Crippen molar-refractivity contribution < 1.29 is 14.3 Å². The first-order chi connectivity index (χ1) is 14.6. The maximum atomic E-state index is 12.0. The van der Waals surface area contributed by atoms with Gasteiger partial charge in [-0.1, -0.05) is 33.1 Å². The van der Waals surface area contributed by atoms with Crippen LogP contribution < -0.4 is 4.90 Å². The molecule has 1 aromatic heterocycles. The highest BCUT2D eigenvalue weighted by molar-refractivity contribution is 7.99. The van der Waals surface area contributed by atoms with Crippen molar-refractivity contribution in [2.45, 2.75) is 70.2 Å². The van der Waals surface area contributed by atoms with Crippen LogP contribution in [-0.4, -0.2) is 54.6 Å². The number of carbonyl (C=O) groups is 1. The maximum absolute atomic E-state index is 12.0. The molecule has 1 unspecified atom stereocenters. The van der Waals surface area contributed by atoms with Gasteiger partial charge in [-0.25, -0.2) is 9.97 Å². The molecule has 2 aliphatic heterocycles. The largest absolute Gasteiger partial charge is 0.465 e. The molecular weight excluding hydrogens is 398 g/mol. The predicted octanol–water partition coefficient (Wildman–Crippen LogP) is 4.73. The normalized spacial score (nSPS) is 19.2. The number of ether oxygens (including phenoxy) is 2. The van der Waals surface area contributed by atoms with E-state index in [4.69, 9.17) is 9.47 Å². The van der Waals surface area contributed by atoms with Crippen LogP contribution in [0.4, 0.5) is 5.82 Å². The fourth-order valence-electron chi connectivity index (χ4n) is 4.22. The van der Waals surface area contributed by atoms with Gasteiger partial charge < -0.3 is 14.4 Å². The van der Waals surface area contributed by atoms with Crippen molar-refractivity contribution in [3.63, 3.8) is 0 Å². The number of thioether (sulfide) groups is 1. The molecule has 2 aliphatic rings. The highest BCUT2D eigenvalue weighted by atomic mass is 32.2. The lowest BCUT2D eigenvalue weighted by Gasteiger charge is -2.38. The molecule has 3 rings (SSSR count). The Kier molecular flexibility index (Phi) is 9.25. The van der Waals surface area contributed by atoms with E-state index in [1.54, 1.807) is 11.8 Å². The first-order valence-corrected chi connectivity index (χ1v) is 12.6. The quantitative estimate of drug-likeness (QED) is 0.368. The van der Waals surface area contributed by atoms with Gasteiger partial charge in [-0.3, -0.25) is 4.79 Å². The van der Waals surface area contributed by atoms with Crippen molar-refractivity contribution in [2.24, 2.45) is 11.3 Å². The van der Waals surface area contributed by atoms with E-state index < -0.39 is 0 Å². The zero-order valence-corrected chi connectivity index (χ0v) is 19.4. The Labute approximate surface area is 185 Å². The van der Waals surface area contributed by atoms with Crippen LogP contribution in [0.2, 0.25) is 0 Å². The molecule has 0 aliphatic carbocycles. The van der Waals surface area contributed by atoms with Gasteiger partial charge in [0.05, 0.1) is 32.0 Å². The van der Waals surface area contributed by atoms with Gasteiger partial charge in [0.25, 0.3) is 0 Å². The minimum absolute atomic E-state index is 0.111. The van der Waals surface area contributed by atoms with Gasteiger partial charge in [-0.15, -0.1) is 11.8 Å². The number of nitrogens with zero attached hydrogens (tertiary/aromatic N) is 3. The Hall–Kier alpha value is -1.34. The van der Waals surface area contributed by atoms with Gasteiger partial charge >= 0.3 is 5.97 Å². The van der Waals surface area contributed by atoms with E-state index in [1.165, 1.54) is 32.1 Å². The number of hydrogen-bond acceptors (Lipinski definition) is 7. The zero-order valence-electron chi connectivity index (χ0n) is 18.6. The maximum Gasteiger partial charge on any atom is 0.306 e. The summed E-state index contributed by atoms with van der Waals surface area (Å²) in [5.74, 6) is 2.00. The number of unbranched alkanes of at least 4 members (excludes halogenated alkanes) is 1. The molecule has 0 bridgehead atoms. The molecule has 2 saturated heterocycles. The fourth-order valence-corrected chi connectivity index (χ4v) is 4.95. The van der Waals surface area contributed by atoms with Crippen molar-refractivity contribution in [3.05, 3.63) is 12.4 Å². The number of anilines is 1. The Morgan fingerprint density at radius 1 is 1.27 bits per heavy atom. The molecule has 0 amide bonds. The summed E-state index contributed by atoms with van der Waals surface area (Å²) in [6, 6.07) is 0. The van der Waals surface area contributed by atoms with Gasteiger partial charge in [0.2, 0.25) is 0 Å². The number of esters is 1. The van der Waals surface area contributed by atoms with Crippen LogP contribution in [0, 0.1) is 11.3 Å². The van der Waals surface area contributed by atoms with Crippen LogP contribution in [0.25, 0.3) is 0 Å². The van der Waals surface area contributed by atoms with Gasteiger partial charge in [-0.2, -0.15) is 0 Å². The van der Waals surface area contributed by atoms with E-state index in [1.807, 2.05) is 12.4 Å². The summed E-state index contributed by atoms with van der Waals surface area (Å²) in [5.41, 5.74) is 0.404. The van der Waals surface area contributed by atoms with Gasteiger partial charge in [0.1, 0.15) is 10.8 Å². The predicted molar refractivity (Wildman–Crippen MR) is 121 cm³/mol. The molecule has 7 heteroatoms. The average molecular weight is 436 g/mol. The monoisotopic (exact) mass is 435 g/mol. The second-order valence-corrected chi connectivity index (χ2v) is 9.82. The van der Waals surface area contributed by atoms with E-state index in [0.29, 0.717) is 30.1 Å². The van der Waals surface area contributed by atoms with Crippen molar-refractivity contribution in [1.82, 2.24) is 9.97 Å². The van der Waals surface area contributed by atoms with Gasteiger partial charge in [0.15, 0.2) is 0 Å². The lowest BCUT2D eigenvalue weighted by molar-refractivity contribution is -0.144. The third-order valence-electron chi connectivity index (χ3n) is 6.53. The lowest BCUT2D eigenvalue weighted by atomic mass is 9.78. The van der Waals surface area contributed by atoms with Crippen LogP contribution >= 0.6 is 11.8 Å². The molecule has 6 nitrogen and oxygen atoms in total. The smallest absolute Gasteiger partial charge is 0.306 e. The molecule has 0 aromatic carbocycles. The van der Waals surface area contributed by atoms with E-state index >= 15 is 0 Å². The number of piperidine rings is 1. The summed E-state index contributed by atoms with van der Waals surface area (Å²) in [6.45, 7) is 8.79. The molecule has 1 aromatic rings. The molecule has 1 spiro atoms. The van der Waals surface area contributed by atoms with Gasteiger partial charge in [-0.05, 0) is 37.0 Å². The number of rotatable bonds is 11. The minimum atomic E-state index is -0.111. The Bertz CT molecular complexity index is 640. The highest BCUT2D eigenvalue weighted by Crippen LogP contribution is 2.39. The molecule has 0 radical (unpaired) electrons. The molecule has 0 saturated carbocycles. The number of hydrogen-bond donors (Lipinski definition) is 0. The van der Waals surface area contributed by atoms with E-state index in [0.717, 1.165) is 50.0 Å². The topological polar surface area (TPSA) is 64.5 Å².